The number of halogens is 2. The zero-order chi connectivity index (χ0) is 13.8. The number of hydrogen-bond acceptors (Lipinski definition) is 1. The fourth-order valence-electron chi connectivity index (χ4n) is 2.74. The Morgan fingerprint density at radius 1 is 1.53 bits per heavy atom. The second kappa shape index (κ2) is 6.76. The van der Waals surface area contributed by atoms with Crippen molar-refractivity contribution in [1.29, 1.82) is 0 Å². The number of aryl methyl sites for hydroxylation is 1. The van der Waals surface area contributed by atoms with Crippen molar-refractivity contribution in [3.05, 3.63) is 33.8 Å². The molecule has 2 nitrogen and oxygen atoms in total. The van der Waals surface area contributed by atoms with Gasteiger partial charge in [0.25, 0.3) is 5.91 Å². The van der Waals surface area contributed by atoms with Crippen LogP contribution in [0.3, 0.4) is 0 Å². The third-order valence-electron chi connectivity index (χ3n) is 3.73. The highest BCUT2D eigenvalue weighted by atomic mass is 79.9. The molecule has 0 radical (unpaired) electrons. The highest BCUT2D eigenvalue weighted by Crippen LogP contribution is 2.25. The number of alkyl halides is 1. The van der Waals surface area contributed by atoms with Gasteiger partial charge in [0, 0.05) is 28.5 Å². The minimum Gasteiger partial charge on any atom is -0.336 e. The summed E-state index contributed by atoms with van der Waals surface area (Å²) in [5.74, 6) is 0.845. The molecule has 19 heavy (non-hydrogen) atoms. The lowest BCUT2D eigenvalue weighted by Crippen LogP contribution is -2.35. The summed E-state index contributed by atoms with van der Waals surface area (Å²) < 4.78 is 1.02. The van der Waals surface area contributed by atoms with Crippen molar-refractivity contribution in [1.82, 2.24) is 4.90 Å². The average Bonchev–Trinajstić information content (AvgIpc) is 2.83. The van der Waals surface area contributed by atoms with Crippen molar-refractivity contribution < 1.29 is 4.79 Å². The number of amides is 1. The summed E-state index contributed by atoms with van der Waals surface area (Å²) in [4.78, 5) is 14.7. The molecular weight excluding hydrogens is 326 g/mol. The molecule has 0 aliphatic carbocycles. The highest BCUT2D eigenvalue weighted by Gasteiger charge is 2.29. The molecular formula is C15H19BrClNO. The first-order chi connectivity index (χ1) is 9.13. The van der Waals surface area contributed by atoms with Crippen LogP contribution in [0.1, 0.15) is 41.6 Å². The predicted molar refractivity (Wildman–Crippen MR) is 82.9 cm³/mol. The van der Waals surface area contributed by atoms with Gasteiger partial charge in [0.1, 0.15) is 0 Å². The summed E-state index contributed by atoms with van der Waals surface area (Å²) in [6, 6.07) is 6.22. The molecule has 1 aromatic rings. The fraction of sp³-hybridized carbons (Fsp3) is 0.533. The van der Waals surface area contributed by atoms with Crippen LogP contribution in [0, 0.1) is 6.92 Å². The van der Waals surface area contributed by atoms with Gasteiger partial charge in [0.15, 0.2) is 0 Å². The number of rotatable bonds is 4. The van der Waals surface area contributed by atoms with Gasteiger partial charge >= 0.3 is 0 Å². The van der Waals surface area contributed by atoms with E-state index in [1.165, 1.54) is 0 Å². The number of likely N-dealkylation sites (tertiary alicyclic amines) is 1. The second-order valence-corrected chi connectivity index (χ2v) is 6.38. The number of carbonyl (C=O) groups excluding carboxylic acids is 1. The Bertz CT molecular complexity index is 463. The van der Waals surface area contributed by atoms with Gasteiger partial charge < -0.3 is 4.90 Å². The largest absolute Gasteiger partial charge is 0.336 e. The molecule has 1 saturated heterocycles. The van der Waals surface area contributed by atoms with Crippen LogP contribution >= 0.6 is 27.5 Å². The second-order valence-electron chi connectivity index (χ2n) is 5.09. The number of benzene rings is 1. The van der Waals surface area contributed by atoms with Crippen molar-refractivity contribution in [2.75, 3.05) is 12.4 Å². The van der Waals surface area contributed by atoms with Gasteiger partial charge in [0.2, 0.25) is 0 Å². The number of carbonyl (C=O) groups is 1. The van der Waals surface area contributed by atoms with Gasteiger partial charge in [-0.25, -0.2) is 0 Å². The molecule has 1 fully saturated rings. The van der Waals surface area contributed by atoms with Gasteiger partial charge in [-0.2, -0.15) is 0 Å². The Kier molecular flexibility index (Phi) is 5.28. The summed E-state index contributed by atoms with van der Waals surface area (Å²) in [5.41, 5.74) is 1.85. The van der Waals surface area contributed by atoms with E-state index in [2.05, 4.69) is 15.9 Å². The van der Waals surface area contributed by atoms with Crippen LogP contribution in [0.5, 0.6) is 0 Å². The predicted octanol–water partition coefficient (Wildman–Crippen LogP) is 4.38. The molecule has 1 aromatic carbocycles. The van der Waals surface area contributed by atoms with Crippen LogP contribution in [-0.2, 0) is 0 Å². The van der Waals surface area contributed by atoms with E-state index < -0.39 is 0 Å². The lowest BCUT2D eigenvalue weighted by molar-refractivity contribution is 0.0729. The van der Waals surface area contributed by atoms with Crippen LogP contribution in [0.2, 0.25) is 0 Å². The van der Waals surface area contributed by atoms with Gasteiger partial charge in [-0.3, -0.25) is 4.79 Å². The smallest absolute Gasteiger partial charge is 0.254 e. The van der Waals surface area contributed by atoms with Crippen LogP contribution in [0.4, 0.5) is 0 Å². The van der Waals surface area contributed by atoms with E-state index in [4.69, 9.17) is 11.6 Å². The first-order valence-electron chi connectivity index (χ1n) is 6.76. The summed E-state index contributed by atoms with van der Waals surface area (Å²) in [7, 11) is 0. The summed E-state index contributed by atoms with van der Waals surface area (Å²) in [6.07, 6.45) is 4.21. The third-order valence-corrected chi connectivity index (χ3v) is 4.49. The lowest BCUT2D eigenvalue weighted by atomic mass is 10.1. The Morgan fingerprint density at radius 3 is 3.00 bits per heavy atom. The molecule has 0 aromatic heterocycles. The molecule has 4 heteroatoms. The van der Waals surface area contributed by atoms with Crippen molar-refractivity contribution in [2.24, 2.45) is 0 Å². The topological polar surface area (TPSA) is 20.3 Å². The quantitative estimate of drug-likeness (QED) is 0.742. The molecule has 2 rings (SSSR count). The highest BCUT2D eigenvalue weighted by molar-refractivity contribution is 9.10. The van der Waals surface area contributed by atoms with Crippen molar-refractivity contribution in [3.63, 3.8) is 0 Å². The van der Waals surface area contributed by atoms with Gasteiger partial charge in [-0.15, -0.1) is 11.6 Å². The van der Waals surface area contributed by atoms with Crippen LogP contribution in [0.15, 0.2) is 22.7 Å². The Labute approximate surface area is 128 Å². The van der Waals surface area contributed by atoms with E-state index in [9.17, 15) is 4.79 Å². The van der Waals surface area contributed by atoms with E-state index in [1.54, 1.807) is 0 Å². The summed E-state index contributed by atoms with van der Waals surface area (Å²) in [5, 5.41) is 0. The minimum absolute atomic E-state index is 0.169. The van der Waals surface area contributed by atoms with E-state index in [-0.39, 0.29) is 5.91 Å². The lowest BCUT2D eigenvalue weighted by Gasteiger charge is -2.25. The maximum absolute atomic E-state index is 12.6. The van der Waals surface area contributed by atoms with Crippen LogP contribution < -0.4 is 0 Å². The SMILES string of the molecule is Cc1cc(Br)ccc1C(=O)N1CCCC1CCCCl. The molecule has 0 N–H and O–H groups in total. The van der Waals surface area contributed by atoms with Crippen LogP contribution in [0.25, 0.3) is 0 Å². The monoisotopic (exact) mass is 343 g/mol. The minimum atomic E-state index is 0.169. The van der Waals surface area contributed by atoms with E-state index in [0.29, 0.717) is 11.9 Å². The van der Waals surface area contributed by atoms with E-state index in [1.807, 2.05) is 30.0 Å². The van der Waals surface area contributed by atoms with Crippen molar-refractivity contribution in [3.8, 4) is 0 Å². The normalized spacial score (nSPS) is 18.9. The van der Waals surface area contributed by atoms with Crippen molar-refractivity contribution >= 4 is 33.4 Å². The zero-order valence-electron chi connectivity index (χ0n) is 11.2. The Morgan fingerprint density at radius 2 is 2.32 bits per heavy atom. The molecule has 1 aliphatic rings. The Hall–Kier alpha value is -0.540. The number of hydrogen-bond donors (Lipinski definition) is 0. The molecule has 104 valence electrons. The average molecular weight is 345 g/mol. The standard InChI is InChI=1S/C15H19BrClNO/c1-11-10-12(16)6-7-14(11)15(19)18-9-3-5-13(18)4-2-8-17/h6-7,10,13H,2-5,8-9H2,1H3. The molecule has 0 spiro atoms. The van der Waals surface area contributed by atoms with Crippen molar-refractivity contribution in [2.45, 2.75) is 38.6 Å². The molecule has 1 atom stereocenters. The van der Waals surface area contributed by atoms with Gasteiger partial charge in [-0.1, -0.05) is 15.9 Å². The first kappa shape index (κ1) is 14.9. The molecule has 1 aliphatic heterocycles. The summed E-state index contributed by atoms with van der Waals surface area (Å²) in [6.45, 7) is 2.86. The van der Waals surface area contributed by atoms with Gasteiger partial charge in [-0.05, 0) is 56.4 Å². The first-order valence-corrected chi connectivity index (χ1v) is 8.09. The van der Waals surface area contributed by atoms with Crippen LogP contribution in [-0.4, -0.2) is 29.3 Å². The molecule has 0 saturated carbocycles. The molecule has 0 bridgehead atoms. The summed E-state index contributed by atoms with van der Waals surface area (Å²) >= 11 is 9.19. The number of nitrogens with zero attached hydrogens (tertiary/aromatic N) is 1. The van der Waals surface area contributed by atoms with E-state index in [0.717, 1.165) is 47.8 Å². The maximum Gasteiger partial charge on any atom is 0.254 e. The zero-order valence-corrected chi connectivity index (χ0v) is 13.5. The maximum atomic E-state index is 12.6. The molecule has 1 heterocycles. The Balaban J connectivity index is 2.13. The third kappa shape index (κ3) is 3.51. The fourth-order valence-corrected chi connectivity index (χ4v) is 3.37. The molecule has 1 amide bonds. The molecule has 1 unspecified atom stereocenters. The van der Waals surface area contributed by atoms with E-state index >= 15 is 0 Å². The van der Waals surface area contributed by atoms with Gasteiger partial charge in [0.05, 0.1) is 0 Å².